The first-order valence-electron chi connectivity index (χ1n) is 38.4. The van der Waals surface area contributed by atoms with Crippen LogP contribution in [0, 0.1) is 17.8 Å². The molecule has 17 nitrogen and oxygen atoms in total. The predicted octanol–water partition coefficient (Wildman–Crippen LogP) is 21.4. The summed E-state index contributed by atoms with van der Waals surface area (Å²) in [4.78, 5) is 72.6. The third-order valence-corrected chi connectivity index (χ3v) is 19.8. The molecule has 0 aliphatic rings. The lowest BCUT2D eigenvalue weighted by molar-refractivity contribution is -0.161. The molecule has 0 saturated heterocycles. The molecule has 0 aliphatic heterocycles. The highest BCUT2D eigenvalue weighted by molar-refractivity contribution is 7.47. The normalized spacial score (nSPS) is 14.7. The zero-order chi connectivity index (χ0) is 68.7. The SMILES string of the molecule is CCCCCCCCCCCCC(=O)O[C@H](COC(=O)CCCCCCCCC(C)C)COP(=O)(O)OC[C@H](O)COP(=O)(O)OC[C@@H](COC(=O)CCCCCCCCCCC(C)CC)OC(=O)CCCCCCCCCCCCCCCCCCCCC(C)CC. The first-order valence-corrected chi connectivity index (χ1v) is 41.4. The maximum Gasteiger partial charge on any atom is 0.472 e. The number of aliphatic hydroxyl groups is 1. The van der Waals surface area contributed by atoms with Gasteiger partial charge in [-0.1, -0.05) is 325 Å². The topological polar surface area (TPSA) is 237 Å². The molecular weight excluding hydrogens is 1220 g/mol. The molecule has 0 amide bonds. The summed E-state index contributed by atoms with van der Waals surface area (Å²) in [5.74, 6) is 0.204. The van der Waals surface area contributed by atoms with Crippen molar-refractivity contribution in [2.24, 2.45) is 17.8 Å². The summed E-state index contributed by atoms with van der Waals surface area (Å²) in [6.07, 6.45) is 50.1. The van der Waals surface area contributed by atoms with Crippen LogP contribution in [0.5, 0.6) is 0 Å². The van der Waals surface area contributed by atoms with E-state index < -0.39 is 97.5 Å². The average molecular weight is 1370 g/mol. The van der Waals surface area contributed by atoms with Gasteiger partial charge in [-0.25, -0.2) is 9.13 Å². The molecule has 0 heterocycles. The van der Waals surface area contributed by atoms with Gasteiger partial charge in [-0.05, 0) is 43.4 Å². The molecule has 0 fully saturated rings. The number of rotatable bonds is 72. The van der Waals surface area contributed by atoms with E-state index in [-0.39, 0.29) is 25.7 Å². The lowest BCUT2D eigenvalue weighted by Gasteiger charge is -2.21. The molecular formula is C74H144O17P2. The van der Waals surface area contributed by atoms with Gasteiger partial charge in [0, 0.05) is 25.7 Å². The molecule has 0 aromatic rings. The minimum absolute atomic E-state index is 0.105. The Hall–Kier alpha value is -1.94. The number of hydrogen-bond donors (Lipinski definition) is 3. The molecule has 0 rings (SSSR count). The minimum atomic E-state index is -4.96. The lowest BCUT2D eigenvalue weighted by Crippen LogP contribution is -2.30. The summed E-state index contributed by atoms with van der Waals surface area (Å²) in [7, 11) is -9.90. The van der Waals surface area contributed by atoms with Gasteiger partial charge in [0.25, 0.3) is 0 Å². The van der Waals surface area contributed by atoms with E-state index in [2.05, 4.69) is 48.5 Å². The van der Waals surface area contributed by atoms with E-state index in [0.29, 0.717) is 31.6 Å². The van der Waals surface area contributed by atoms with Crippen molar-refractivity contribution in [3.63, 3.8) is 0 Å². The fourth-order valence-corrected chi connectivity index (χ4v) is 12.8. The molecule has 552 valence electrons. The van der Waals surface area contributed by atoms with Gasteiger partial charge < -0.3 is 33.8 Å². The van der Waals surface area contributed by atoms with Gasteiger partial charge in [0.15, 0.2) is 12.2 Å². The second kappa shape index (κ2) is 64.7. The summed E-state index contributed by atoms with van der Waals surface area (Å²) in [5.41, 5.74) is 0. The fraction of sp³-hybridized carbons (Fsp3) is 0.946. The summed E-state index contributed by atoms with van der Waals surface area (Å²) >= 11 is 0. The van der Waals surface area contributed by atoms with Crippen molar-refractivity contribution >= 4 is 39.5 Å². The Kier molecular flexibility index (Phi) is 63.4. The number of carbonyl (C=O) groups is 4. The van der Waals surface area contributed by atoms with Crippen molar-refractivity contribution in [2.45, 2.75) is 394 Å². The van der Waals surface area contributed by atoms with E-state index in [1.165, 1.54) is 180 Å². The van der Waals surface area contributed by atoms with Gasteiger partial charge in [0.2, 0.25) is 0 Å². The minimum Gasteiger partial charge on any atom is -0.462 e. The van der Waals surface area contributed by atoms with Crippen molar-refractivity contribution in [1.29, 1.82) is 0 Å². The van der Waals surface area contributed by atoms with E-state index >= 15 is 0 Å². The first kappa shape index (κ1) is 91.1. The van der Waals surface area contributed by atoms with E-state index in [1.54, 1.807) is 0 Å². The predicted molar refractivity (Wildman–Crippen MR) is 377 cm³/mol. The van der Waals surface area contributed by atoms with Crippen molar-refractivity contribution in [1.82, 2.24) is 0 Å². The number of esters is 4. The largest absolute Gasteiger partial charge is 0.472 e. The van der Waals surface area contributed by atoms with Crippen LogP contribution in [0.3, 0.4) is 0 Å². The standard InChI is InChI=1S/C74H144O17P2/c1-8-11-12-13-14-15-27-34-43-50-57-73(78)91-70(62-85-72(77)56-49-42-37-36-38-45-52-65(4)5)64-89-93(82,83)87-60-68(75)59-86-92(80,81)88-63-69(61-84-71(76)55-48-41-33-30-29-32-40-47-54-67(7)10-3)90-74(79)58-51-44-35-28-25-23-21-19-17-16-18-20-22-24-26-31-39-46-53-66(6)9-2/h65-70,75H,8-64H2,1-7H3,(H,80,81)(H,82,83)/t66?,67?,68-,69-,70-/m1/s1. The highest BCUT2D eigenvalue weighted by atomic mass is 31.2. The third kappa shape index (κ3) is 65.8. The molecule has 0 aromatic carbocycles. The van der Waals surface area contributed by atoms with Crippen LogP contribution in [0.2, 0.25) is 0 Å². The highest BCUT2D eigenvalue weighted by Crippen LogP contribution is 2.45. The molecule has 0 spiro atoms. The number of phosphoric acid groups is 2. The van der Waals surface area contributed by atoms with Gasteiger partial charge in [-0.2, -0.15) is 0 Å². The second-order valence-electron chi connectivity index (χ2n) is 27.6. The van der Waals surface area contributed by atoms with Crippen LogP contribution in [0.25, 0.3) is 0 Å². The van der Waals surface area contributed by atoms with Gasteiger partial charge >= 0.3 is 39.5 Å². The van der Waals surface area contributed by atoms with Gasteiger partial charge in [0.1, 0.15) is 19.3 Å². The van der Waals surface area contributed by atoms with E-state index in [4.69, 9.17) is 37.0 Å². The number of unbranched alkanes of at least 4 members (excludes halogenated alkanes) is 38. The van der Waals surface area contributed by atoms with Crippen LogP contribution >= 0.6 is 15.6 Å². The molecule has 0 aliphatic carbocycles. The molecule has 0 bridgehead atoms. The molecule has 0 saturated carbocycles. The maximum absolute atomic E-state index is 13.1. The summed E-state index contributed by atoms with van der Waals surface area (Å²) in [5, 5.41) is 10.6. The van der Waals surface area contributed by atoms with Gasteiger partial charge in [0.05, 0.1) is 26.4 Å². The van der Waals surface area contributed by atoms with Crippen LogP contribution in [-0.2, 0) is 65.4 Å². The summed E-state index contributed by atoms with van der Waals surface area (Å²) in [6, 6.07) is 0. The molecule has 93 heavy (non-hydrogen) atoms. The van der Waals surface area contributed by atoms with Gasteiger partial charge in [-0.15, -0.1) is 0 Å². The monoisotopic (exact) mass is 1370 g/mol. The van der Waals surface area contributed by atoms with Crippen LogP contribution in [-0.4, -0.2) is 96.7 Å². The smallest absolute Gasteiger partial charge is 0.462 e. The number of hydrogen-bond acceptors (Lipinski definition) is 15. The molecule has 19 heteroatoms. The van der Waals surface area contributed by atoms with Crippen molar-refractivity contribution in [2.75, 3.05) is 39.6 Å². The fourth-order valence-electron chi connectivity index (χ4n) is 11.2. The second-order valence-corrected chi connectivity index (χ2v) is 30.6. The Balaban J connectivity index is 5.16. The molecule has 3 N–H and O–H groups in total. The van der Waals surface area contributed by atoms with Crippen molar-refractivity contribution in [3.8, 4) is 0 Å². The maximum atomic E-state index is 13.1. The molecule has 4 unspecified atom stereocenters. The summed E-state index contributed by atoms with van der Waals surface area (Å²) in [6.45, 7) is 11.9. The van der Waals surface area contributed by atoms with Crippen LogP contribution in [0.4, 0.5) is 0 Å². The van der Waals surface area contributed by atoms with Crippen LogP contribution < -0.4 is 0 Å². The Morgan fingerprint density at radius 3 is 0.817 bits per heavy atom. The molecule has 0 aromatic heterocycles. The van der Waals surface area contributed by atoms with Gasteiger partial charge in [-0.3, -0.25) is 37.3 Å². The highest BCUT2D eigenvalue weighted by Gasteiger charge is 2.30. The number of phosphoric ester groups is 2. The number of ether oxygens (including phenoxy) is 4. The summed E-state index contributed by atoms with van der Waals surface area (Å²) < 4.78 is 68.3. The Morgan fingerprint density at radius 1 is 0.312 bits per heavy atom. The Labute approximate surface area is 568 Å². The zero-order valence-corrected chi connectivity index (χ0v) is 62.5. The van der Waals surface area contributed by atoms with E-state index in [9.17, 15) is 43.2 Å². The van der Waals surface area contributed by atoms with E-state index in [1.807, 2.05) is 0 Å². The first-order chi connectivity index (χ1) is 44.8. The third-order valence-electron chi connectivity index (χ3n) is 17.9. The Bertz CT molecular complexity index is 1820. The molecule has 7 atom stereocenters. The quantitative estimate of drug-likeness (QED) is 0.0222. The zero-order valence-electron chi connectivity index (χ0n) is 60.7. The Morgan fingerprint density at radius 2 is 0.548 bits per heavy atom. The van der Waals surface area contributed by atoms with Crippen LogP contribution in [0.15, 0.2) is 0 Å². The van der Waals surface area contributed by atoms with Crippen molar-refractivity contribution in [3.05, 3.63) is 0 Å². The molecule has 0 radical (unpaired) electrons. The van der Waals surface area contributed by atoms with Crippen LogP contribution in [0.1, 0.15) is 376 Å². The average Bonchev–Trinajstić information content (AvgIpc) is 3.34. The van der Waals surface area contributed by atoms with Crippen molar-refractivity contribution < 1.29 is 80.2 Å². The lowest BCUT2D eigenvalue weighted by atomic mass is 9.99. The number of carbonyl (C=O) groups excluding carboxylic acids is 4. The number of aliphatic hydroxyl groups excluding tert-OH is 1. The van der Waals surface area contributed by atoms with E-state index in [0.717, 1.165) is 108 Å².